The Morgan fingerprint density at radius 1 is 0.640 bits per heavy atom. The Morgan fingerprint density at radius 2 is 1.14 bits per heavy atom. The summed E-state index contributed by atoms with van der Waals surface area (Å²) in [5.41, 5.74) is 2.87. The zero-order valence-corrected chi connectivity index (χ0v) is 29.6. The number of hydrogen-bond donors (Lipinski definition) is 0. The number of esters is 2. The van der Waals surface area contributed by atoms with E-state index in [1.54, 1.807) is 36.4 Å². The number of halogens is 3. The summed E-state index contributed by atoms with van der Waals surface area (Å²) in [6, 6.07) is 21.3. The van der Waals surface area contributed by atoms with Crippen LogP contribution in [0.2, 0.25) is 0 Å². The highest BCUT2D eigenvalue weighted by Crippen LogP contribution is 2.28. The largest absolute Gasteiger partial charge is 0.494 e. The van der Waals surface area contributed by atoms with Gasteiger partial charge < -0.3 is 14.2 Å². The zero-order chi connectivity index (χ0) is 36.0. The standard InChI is InChI=1S/C42H53F3O5/c1-3-5-7-9-11-12-14-16-32-48-37-29-25-35(26-30-37)34-21-23-36(24-22-34)41(47)49-38-27-18-33(19-28-38)20-31-40(46)50-39(42(43,44)45)17-15-13-10-8-6-4-2/h18-31,39H,3-17,32H2,1-2H3/t39-/m0/s1. The maximum atomic E-state index is 13.4. The number of rotatable bonds is 23. The molecule has 0 saturated heterocycles. The quantitative estimate of drug-likeness (QED) is 0.0428. The Morgan fingerprint density at radius 3 is 1.70 bits per heavy atom. The molecule has 1 atom stereocenters. The van der Waals surface area contributed by atoms with Gasteiger partial charge in [-0.1, -0.05) is 127 Å². The summed E-state index contributed by atoms with van der Waals surface area (Å²) in [6.45, 7) is 5.02. The lowest BCUT2D eigenvalue weighted by Gasteiger charge is -2.19. The van der Waals surface area contributed by atoms with E-state index in [1.165, 1.54) is 51.0 Å². The fourth-order valence-corrected chi connectivity index (χ4v) is 5.52. The molecule has 0 heterocycles. The molecule has 8 heteroatoms. The molecule has 5 nitrogen and oxygen atoms in total. The van der Waals surface area contributed by atoms with Gasteiger partial charge in [0.1, 0.15) is 11.5 Å². The van der Waals surface area contributed by atoms with Crippen LogP contribution in [0.5, 0.6) is 11.5 Å². The van der Waals surface area contributed by atoms with Gasteiger partial charge in [-0.25, -0.2) is 9.59 Å². The molecule has 50 heavy (non-hydrogen) atoms. The summed E-state index contributed by atoms with van der Waals surface area (Å²) < 4.78 is 56.3. The van der Waals surface area contributed by atoms with Crippen LogP contribution in [0.3, 0.4) is 0 Å². The molecule has 0 aliphatic heterocycles. The molecule has 0 aliphatic carbocycles. The molecule has 3 aromatic rings. The fourth-order valence-electron chi connectivity index (χ4n) is 5.52. The number of alkyl halides is 3. The first kappa shape index (κ1) is 40.4. The van der Waals surface area contributed by atoms with Crippen LogP contribution in [0.4, 0.5) is 13.2 Å². The van der Waals surface area contributed by atoms with Crippen LogP contribution in [0.25, 0.3) is 17.2 Å². The van der Waals surface area contributed by atoms with Gasteiger partial charge in [-0.2, -0.15) is 13.2 Å². The topological polar surface area (TPSA) is 61.8 Å². The number of benzene rings is 3. The van der Waals surface area contributed by atoms with Crippen molar-refractivity contribution in [2.75, 3.05) is 6.61 Å². The molecule has 0 aliphatic rings. The number of hydrogen-bond acceptors (Lipinski definition) is 5. The van der Waals surface area contributed by atoms with E-state index >= 15 is 0 Å². The van der Waals surface area contributed by atoms with Crippen molar-refractivity contribution in [3.8, 4) is 22.6 Å². The molecule has 0 N–H and O–H groups in total. The molecule has 0 spiro atoms. The molecule has 0 fully saturated rings. The number of carbonyl (C=O) groups is 2. The summed E-state index contributed by atoms with van der Waals surface area (Å²) in [5.74, 6) is -0.461. The Kier molecular flexibility index (Phi) is 18.2. The van der Waals surface area contributed by atoms with Crippen molar-refractivity contribution in [1.29, 1.82) is 0 Å². The van der Waals surface area contributed by atoms with Crippen LogP contribution in [-0.4, -0.2) is 30.8 Å². The van der Waals surface area contributed by atoms with E-state index < -0.39 is 24.2 Å². The summed E-state index contributed by atoms with van der Waals surface area (Å²) in [5, 5.41) is 0. The van der Waals surface area contributed by atoms with E-state index in [0.29, 0.717) is 30.6 Å². The van der Waals surface area contributed by atoms with E-state index in [0.717, 1.165) is 55.1 Å². The SMILES string of the molecule is CCCCCCCCCCOc1ccc(-c2ccc(C(=O)Oc3ccc(C=CC(=O)O[C@@H](CCCCCCCC)C(F)(F)F)cc3)cc2)cc1. The average Bonchev–Trinajstić information content (AvgIpc) is 3.11. The van der Waals surface area contributed by atoms with Crippen LogP contribution in [0.1, 0.15) is 126 Å². The zero-order valence-electron chi connectivity index (χ0n) is 29.6. The van der Waals surface area contributed by atoms with Crippen molar-refractivity contribution in [3.63, 3.8) is 0 Å². The molecular formula is C42H53F3O5. The molecule has 0 unspecified atom stereocenters. The second kappa shape index (κ2) is 22.6. The van der Waals surface area contributed by atoms with Crippen LogP contribution < -0.4 is 9.47 Å². The Labute approximate surface area is 296 Å². The van der Waals surface area contributed by atoms with Crippen molar-refractivity contribution in [2.24, 2.45) is 0 Å². The molecule has 0 bridgehead atoms. The lowest BCUT2D eigenvalue weighted by atomic mass is 10.0. The minimum Gasteiger partial charge on any atom is -0.494 e. The second-order valence-electron chi connectivity index (χ2n) is 12.7. The molecule has 272 valence electrons. The van der Waals surface area contributed by atoms with Gasteiger partial charge in [-0.3, -0.25) is 0 Å². The van der Waals surface area contributed by atoms with Crippen LogP contribution in [-0.2, 0) is 9.53 Å². The molecule has 3 aromatic carbocycles. The van der Waals surface area contributed by atoms with Gasteiger partial charge in [0, 0.05) is 6.08 Å². The van der Waals surface area contributed by atoms with Crippen LogP contribution >= 0.6 is 0 Å². The van der Waals surface area contributed by atoms with E-state index in [2.05, 4.69) is 13.8 Å². The van der Waals surface area contributed by atoms with Crippen molar-refractivity contribution < 1.29 is 37.0 Å². The first-order valence-corrected chi connectivity index (χ1v) is 18.3. The van der Waals surface area contributed by atoms with Crippen molar-refractivity contribution in [3.05, 3.63) is 90.0 Å². The molecule has 0 amide bonds. The van der Waals surface area contributed by atoms with Gasteiger partial charge in [-0.15, -0.1) is 0 Å². The third kappa shape index (κ3) is 15.6. The molecular weight excluding hydrogens is 641 g/mol. The smallest absolute Gasteiger partial charge is 0.425 e. The first-order valence-electron chi connectivity index (χ1n) is 18.3. The maximum Gasteiger partial charge on any atom is 0.425 e. The maximum absolute atomic E-state index is 13.4. The van der Waals surface area contributed by atoms with Crippen molar-refractivity contribution >= 4 is 18.0 Å². The normalized spacial score (nSPS) is 12.2. The lowest BCUT2D eigenvalue weighted by molar-refractivity contribution is -0.220. The average molecular weight is 695 g/mol. The highest BCUT2D eigenvalue weighted by atomic mass is 19.4. The third-order valence-electron chi connectivity index (χ3n) is 8.52. The Bertz CT molecular complexity index is 1410. The van der Waals surface area contributed by atoms with Gasteiger partial charge in [0.25, 0.3) is 0 Å². The van der Waals surface area contributed by atoms with Crippen molar-refractivity contribution in [2.45, 2.75) is 122 Å². The summed E-state index contributed by atoms with van der Waals surface area (Å²) in [7, 11) is 0. The number of unbranched alkanes of at least 4 members (excludes halogenated alkanes) is 12. The highest BCUT2D eigenvalue weighted by Gasteiger charge is 2.42. The Hall–Kier alpha value is -4.07. The van der Waals surface area contributed by atoms with Gasteiger partial charge in [0.05, 0.1) is 12.2 Å². The monoisotopic (exact) mass is 694 g/mol. The van der Waals surface area contributed by atoms with Gasteiger partial charge in [0.15, 0.2) is 6.10 Å². The predicted octanol–water partition coefficient (Wildman–Crippen LogP) is 12.3. The fraction of sp³-hybridized carbons (Fsp3) is 0.476. The van der Waals surface area contributed by atoms with E-state index in [9.17, 15) is 22.8 Å². The molecule has 0 aromatic heterocycles. The second-order valence-corrected chi connectivity index (χ2v) is 12.7. The predicted molar refractivity (Wildman–Crippen MR) is 194 cm³/mol. The summed E-state index contributed by atoms with van der Waals surface area (Å²) in [4.78, 5) is 24.9. The minimum absolute atomic E-state index is 0.250. The Balaban J connectivity index is 1.42. The number of ether oxygens (including phenoxy) is 3. The van der Waals surface area contributed by atoms with E-state index in [1.807, 2.05) is 36.4 Å². The van der Waals surface area contributed by atoms with Crippen LogP contribution in [0, 0.1) is 0 Å². The van der Waals surface area contributed by atoms with E-state index in [-0.39, 0.29) is 12.2 Å². The van der Waals surface area contributed by atoms with Crippen molar-refractivity contribution in [1.82, 2.24) is 0 Å². The molecule has 0 radical (unpaired) electrons. The molecule has 0 saturated carbocycles. The van der Waals surface area contributed by atoms with Crippen LogP contribution in [0.15, 0.2) is 78.9 Å². The number of carbonyl (C=O) groups excluding carboxylic acids is 2. The third-order valence-corrected chi connectivity index (χ3v) is 8.52. The highest BCUT2D eigenvalue weighted by molar-refractivity contribution is 5.91. The van der Waals surface area contributed by atoms with E-state index in [4.69, 9.17) is 14.2 Å². The molecule has 3 rings (SSSR count). The van der Waals surface area contributed by atoms with Gasteiger partial charge in [0.2, 0.25) is 0 Å². The lowest BCUT2D eigenvalue weighted by Crippen LogP contribution is -2.33. The summed E-state index contributed by atoms with van der Waals surface area (Å²) >= 11 is 0. The van der Waals surface area contributed by atoms with Gasteiger partial charge in [-0.05, 0) is 78.4 Å². The summed E-state index contributed by atoms with van der Waals surface area (Å²) in [6.07, 6.45) is 10.4. The minimum atomic E-state index is -4.62. The first-order chi connectivity index (χ1) is 24.2. The van der Waals surface area contributed by atoms with Gasteiger partial charge >= 0.3 is 18.1 Å².